The van der Waals surface area contributed by atoms with Crippen molar-refractivity contribution in [3.63, 3.8) is 0 Å². The number of hydrogen-bond acceptors (Lipinski definition) is 4. The van der Waals surface area contributed by atoms with Gasteiger partial charge >= 0.3 is 5.97 Å². The summed E-state index contributed by atoms with van der Waals surface area (Å²) >= 11 is 0. The van der Waals surface area contributed by atoms with Crippen molar-refractivity contribution in [1.29, 1.82) is 0 Å². The molecule has 0 rings (SSSR count). The molecule has 0 aliphatic heterocycles. The largest absolute Gasteiger partial charge is 0.502 e. The van der Waals surface area contributed by atoms with Gasteiger partial charge in [-0.15, -0.1) is 0 Å². The molecule has 0 aliphatic carbocycles. The Morgan fingerprint density at radius 2 is 1.90 bits per heavy atom. The van der Waals surface area contributed by atoms with Gasteiger partial charge in [0.2, 0.25) is 0 Å². The van der Waals surface area contributed by atoms with Gasteiger partial charge in [-0.3, -0.25) is 0 Å². The zero-order chi connectivity index (χ0) is 16.0. The molecule has 5 heteroatoms. The van der Waals surface area contributed by atoms with Gasteiger partial charge in [0.25, 0.3) is 0 Å². The van der Waals surface area contributed by atoms with Crippen molar-refractivity contribution < 1.29 is 18.7 Å². The van der Waals surface area contributed by atoms with Gasteiger partial charge < -0.3 is 13.9 Å². The number of carbonyl (C=O) groups is 1. The first-order valence-corrected chi connectivity index (χ1v) is 9.63. The summed E-state index contributed by atoms with van der Waals surface area (Å²) in [6.45, 7) is 18.3. The average Bonchev–Trinajstić information content (AvgIpc) is 2.34. The number of methoxy groups -OCH3 is 1. The first kappa shape index (κ1) is 18.9. The third kappa shape index (κ3) is 6.39. The van der Waals surface area contributed by atoms with Crippen molar-refractivity contribution in [1.82, 2.24) is 0 Å². The van der Waals surface area contributed by atoms with E-state index in [0.717, 1.165) is 6.08 Å². The number of ether oxygens (including phenoxy) is 2. The summed E-state index contributed by atoms with van der Waals surface area (Å²) in [6, 6.07) is 0. The fraction of sp³-hybridized carbons (Fsp3) is 0.667. The number of esters is 1. The molecule has 1 atom stereocenters. The molecule has 0 bridgehead atoms. The lowest BCUT2D eigenvalue weighted by Gasteiger charge is -2.37. The fourth-order valence-electron chi connectivity index (χ4n) is 1.20. The quantitative estimate of drug-likeness (QED) is 0.297. The normalized spacial score (nSPS) is 13.5. The highest BCUT2D eigenvalue weighted by atomic mass is 28.4. The Balaban J connectivity index is 4.68. The maximum absolute atomic E-state index is 11.4. The van der Waals surface area contributed by atoms with Crippen molar-refractivity contribution in [3.05, 3.63) is 25.0 Å². The van der Waals surface area contributed by atoms with Gasteiger partial charge in [0, 0.05) is 12.5 Å². The van der Waals surface area contributed by atoms with E-state index < -0.39 is 20.4 Å². The summed E-state index contributed by atoms with van der Waals surface area (Å²) in [5, 5.41) is 0.109. The van der Waals surface area contributed by atoms with E-state index in [9.17, 15) is 4.79 Å². The minimum Gasteiger partial charge on any atom is -0.502 e. The molecule has 4 nitrogen and oxygen atoms in total. The standard InChI is InChI=1S/C15H28O4Si/c1-9-14(16)19-13(10-12(2)17-6)11-18-20(7,8)15(3,4)5/h9,13H,1-2,10-11H2,3-8H3/t13-/m1/s1. The number of carbonyl (C=O) groups excluding carboxylic acids is 1. The summed E-state index contributed by atoms with van der Waals surface area (Å²) in [5.41, 5.74) is 0. The second kappa shape index (κ2) is 7.64. The van der Waals surface area contributed by atoms with Crippen LogP contribution in [-0.2, 0) is 18.7 Å². The Morgan fingerprint density at radius 1 is 1.35 bits per heavy atom. The van der Waals surface area contributed by atoms with Crippen LogP contribution in [0.25, 0.3) is 0 Å². The molecule has 0 heterocycles. The van der Waals surface area contributed by atoms with E-state index in [1.54, 1.807) is 7.11 Å². The third-order valence-electron chi connectivity index (χ3n) is 3.63. The van der Waals surface area contributed by atoms with E-state index >= 15 is 0 Å². The molecule has 20 heavy (non-hydrogen) atoms. The van der Waals surface area contributed by atoms with Gasteiger partial charge in [0.05, 0.1) is 19.5 Å². The van der Waals surface area contributed by atoms with Crippen LogP contribution >= 0.6 is 0 Å². The van der Waals surface area contributed by atoms with Crippen molar-refractivity contribution in [2.75, 3.05) is 13.7 Å². The molecule has 0 spiro atoms. The Kier molecular flexibility index (Phi) is 7.23. The predicted octanol–water partition coefficient (Wildman–Crippen LogP) is 3.66. The lowest BCUT2D eigenvalue weighted by atomic mass is 10.2. The average molecular weight is 300 g/mol. The SMILES string of the molecule is C=CC(=O)O[C@@H](CO[Si](C)(C)C(C)(C)C)CC(=C)OC. The van der Waals surface area contributed by atoms with Crippen molar-refractivity contribution >= 4 is 14.3 Å². The van der Waals surface area contributed by atoms with Crippen LogP contribution in [0.1, 0.15) is 27.2 Å². The van der Waals surface area contributed by atoms with E-state index in [0.29, 0.717) is 18.8 Å². The highest BCUT2D eigenvalue weighted by Crippen LogP contribution is 2.36. The predicted molar refractivity (Wildman–Crippen MR) is 84.0 cm³/mol. The molecule has 0 radical (unpaired) electrons. The van der Waals surface area contributed by atoms with Crippen LogP contribution < -0.4 is 0 Å². The second-order valence-electron chi connectivity index (χ2n) is 6.28. The minimum absolute atomic E-state index is 0.109. The molecule has 0 unspecified atom stereocenters. The third-order valence-corrected chi connectivity index (χ3v) is 8.13. The lowest BCUT2D eigenvalue weighted by Crippen LogP contribution is -2.43. The zero-order valence-electron chi connectivity index (χ0n) is 13.6. The summed E-state index contributed by atoms with van der Waals surface area (Å²) in [5.74, 6) is 0.100. The van der Waals surface area contributed by atoms with Crippen molar-refractivity contribution in [2.24, 2.45) is 0 Å². The van der Waals surface area contributed by atoms with E-state index in [4.69, 9.17) is 13.9 Å². The Labute approximate surface area is 123 Å². The smallest absolute Gasteiger partial charge is 0.330 e. The van der Waals surface area contributed by atoms with Gasteiger partial charge in [0.1, 0.15) is 6.10 Å². The first-order valence-electron chi connectivity index (χ1n) is 6.72. The minimum atomic E-state index is -1.88. The van der Waals surface area contributed by atoms with E-state index in [1.165, 1.54) is 0 Å². The van der Waals surface area contributed by atoms with Crippen LogP contribution in [0.2, 0.25) is 18.1 Å². The Hall–Kier alpha value is -1.07. The molecule has 0 amide bonds. The molecule has 0 aromatic rings. The van der Waals surface area contributed by atoms with E-state index in [1.807, 2.05) is 0 Å². The van der Waals surface area contributed by atoms with Crippen LogP contribution in [0.4, 0.5) is 0 Å². The molecule has 0 aromatic carbocycles. The summed E-state index contributed by atoms with van der Waals surface area (Å²) in [7, 11) is -0.333. The molecular weight excluding hydrogens is 272 g/mol. The Bertz CT molecular complexity index is 355. The summed E-state index contributed by atoms with van der Waals surface area (Å²) in [6.07, 6.45) is 1.17. The maximum Gasteiger partial charge on any atom is 0.330 e. The highest BCUT2D eigenvalue weighted by Gasteiger charge is 2.37. The van der Waals surface area contributed by atoms with Crippen molar-refractivity contribution in [3.8, 4) is 0 Å². The topological polar surface area (TPSA) is 44.8 Å². The van der Waals surface area contributed by atoms with Gasteiger partial charge in [-0.05, 0) is 18.1 Å². The molecule has 0 aliphatic rings. The van der Waals surface area contributed by atoms with Gasteiger partial charge in [-0.25, -0.2) is 4.79 Å². The van der Waals surface area contributed by atoms with Crippen LogP contribution in [0.15, 0.2) is 25.0 Å². The molecule has 0 saturated heterocycles. The maximum atomic E-state index is 11.4. The fourth-order valence-corrected chi connectivity index (χ4v) is 2.24. The molecular formula is C15H28O4Si. The first-order chi connectivity index (χ1) is 9.03. The molecule has 0 saturated carbocycles. The summed E-state index contributed by atoms with van der Waals surface area (Å²) in [4.78, 5) is 11.4. The zero-order valence-corrected chi connectivity index (χ0v) is 14.6. The van der Waals surface area contributed by atoms with Gasteiger partial charge in [-0.1, -0.05) is 33.9 Å². The van der Waals surface area contributed by atoms with Crippen molar-refractivity contribution in [2.45, 2.75) is 51.4 Å². The van der Waals surface area contributed by atoms with Crippen LogP contribution in [0.5, 0.6) is 0 Å². The molecule has 116 valence electrons. The summed E-state index contributed by atoms with van der Waals surface area (Å²) < 4.78 is 16.4. The second-order valence-corrected chi connectivity index (χ2v) is 11.1. The van der Waals surface area contributed by atoms with Crippen LogP contribution in [0, 0.1) is 0 Å². The monoisotopic (exact) mass is 300 g/mol. The van der Waals surface area contributed by atoms with Crippen LogP contribution in [0.3, 0.4) is 0 Å². The van der Waals surface area contributed by atoms with Gasteiger partial charge in [-0.2, -0.15) is 0 Å². The lowest BCUT2D eigenvalue weighted by molar-refractivity contribution is -0.144. The highest BCUT2D eigenvalue weighted by molar-refractivity contribution is 6.74. The molecule has 0 fully saturated rings. The van der Waals surface area contributed by atoms with E-state index in [2.05, 4.69) is 47.0 Å². The molecule has 0 aromatic heterocycles. The Morgan fingerprint density at radius 3 is 2.30 bits per heavy atom. The number of rotatable bonds is 8. The van der Waals surface area contributed by atoms with Crippen LogP contribution in [-0.4, -0.2) is 34.1 Å². The van der Waals surface area contributed by atoms with Gasteiger partial charge in [0.15, 0.2) is 8.32 Å². The molecule has 0 N–H and O–H groups in total. The van der Waals surface area contributed by atoms with E-state index in [-0.39, 0.29) is 5.04 Å². The number of hydrogen-bond donors (Lipinski definition) is 0.